The van der Waals surface area contributed by atoms with Crippen molar-refractivity contribution in [2.45, 2.75) is 63.5 Å². The average Bonchev–Trinajstić information content (AvgIpc) is 3.20. The van der Waals surface area contributed by atoms with Crippen LogP contribution >= 0.6 is 0 Å². The maximum absolute atomic E-state index is 12.4. The number of likely N-dealkylation sites (tertiary alicyclic amines) is 1. The van der Waals surface area contributed by atoms with Crippen molar-refractivity contribution < 1.29 is 9.53 Å². The third kappa shape index (κ3) is 2.72. The van der Waals surface area contributed by atoms with Crippen LogP contribution in [0.1, 0.15) is 51.9 Å². The molecule has 21 heavy (non-hydrogen) atoms. The summed E-state index contributed by atoms with van der Waals surface area (Å²) in [5.74, 6) is 1.36. The minimum absolute atomic E-state index is 0.0297. The van der Waals surface area contributed by atoms with E-state index in [9.17, 15) is 4.79 Å². The van der Waals surface area contributed by atoms with E-state index in [4.69, 9.17) is 4.74 Å². The number of hydrogen-bond donors (Lipinski definition) is 1. The van der Waals surface area contributed by atoms with Crippen molar-refractivity contribution in [2.24, 2.45) is 11.8 Å². The molecule has 3 aliphatic rings. The third-order valence-electron chi connectivity index (χ3n) is 6.19. The van der Waals surface area contributed by atoms with Gasteiger partial charge in [-0.1, -0.05) is 6.42 Å². The van der Waals surface area contributed by atoms with E-state index in [0.717, 1.165) is 44.2 Å². The van der Waals surface area contributed by atoms with E-state index in [1.54, 1.807) is 0 Å². The molecule has 2 aliphatic carbocycles. The second-order valence-corrected chi connectivity index (χ2v) is 7.15. The molecule has 3 rings (SSSR count). The Morgan fingerprint density at radius 1 is 1.38 bits per heavy atom. The molecule has 0 amide bonds. The fourth-order valence-electron chi connectivity index (χ4n) is 5.05. The van der Waals surface area contributed by atoms with Gasteiger partial charge in [0, 0.05) is 12.6 Å². The highest BCUT2D eigenvalue weighted by molar-refractivity contribution is 5.81. The number of carbonyl (C=O) groups excluding carboxylic acids is 1. The first kappa shape index (κ1) is 15.3. The second-order valence-electron chi connectivity index (χ2n) is 7.15. The molecular formula is C17H30N2O2. The molecule has 0 aromatic heterocycles. The largest absolute Gasteiger partial charge is 0.465 e. The zero-order valence-electron chi connectivity index (χ0n) is 13.6. The van der Waals surface area contributed by atoms with Gasteiger partial charge in [0.1, 0.15) is 5.54 Å². The summed E-state index contributed by atoms with van der Waals surface area (Å²) in [6.07, 6.45) is 8.60. The first-order valence-electron chi connectivity index (χ1n) is 8.79. The Labute approximate surface area is 128 Å². The van der Waals surface area contributed by atoms with Gasteiger partial charge in [-0.05, 0) is 70.9 Å². The van der Waals surface area contributed by atoms with E-state index >= 15 is 0 Å². The molecule has 4 nitrogen and oxygen atoms in total. The summed E-state index contributed by atoms with van der Waals surface area (Å²) < 4.78 is 5.36. The first-order valence-corrected chi connectivity index (χ1v) is 8.79. The minimum Gasteiger partial charge on any atom is -0.465 e. The molecule has 1 heterocycles. The van der Waals surface area contributed by atoms with Gasteiger partial charge in [-0.3, -0.25) is 4.79 Å². The van der Waals surface area contributed by atoms with Crippen molar-refractivity contribution in [2.75, 3.05) is 26.7 Å². The molecule has 0 aromatic rings. The van der Waals surface area contributed by atoms with Gasteiger partial charge in [-0.25, -0.2) is 0 Å². The zero-order chi connectivity index (χ0) is 14.9. The highest BCUT2D eigenvalue weighted by Gasteiger charge is 2.49. The van der Waals surface area contributed by atoms with Crippen LogP contribution in [0.3, 0.4) is 0 Å². The number of fused-ring (bicyclic) bond motifs is 2. The van der Waals surface area contributed by atoms with Crippen LogP contribution < -0.4 is 5.32 Å². The Hall–Kier alpha value is -0.610. The minimum atomic E-state index is -0.422. The predicted octanol–water partition coefficient (Wildman–Crippen LogP) is 2.18. The Bertz CT molecular complexity index is 387. The third-order valence-corrected chi connectivity index (χ3v) is 6.19. The van der Waals surface area contributed by atoms with E-state index in [0.29, 0.717) is 12.5 Å². The number of likely N-dealkylation sites (N-methyl/N-ethyl adjacent to an activating group) is 1. The summed E-state index contributed by atoms with van der Waals surface area (Å²) in [5, 5.41) is 3.33. The Morgan fingerprint density at radius 2 is 2.24 bits per heavy atom. The van der Waals surface area contributed by atoms with Crippen LogP contribution in [0.15, 0.2) is 0 Å². The van der Waals surface area contributed by atoms with Gasteiger partial charge in [0.2, 0.25) is 0 Å². The van der Waals surface area contributed by atoms with Crippen molar-refractivity contribution in [3.05, 3.63) is 0 Å². The summed E-state index contributed by atoms with van der Waals surface area (Å²) in [5.41, 5.74) is -0.422. The highest BCUT2D eigenvalue weighted by atomic mass is 16.5. The standard InChI is InChI=1S/C17H30N2O2/c1-3-21-16(20)17(18-2)9-4-5-14(17)8-10-19-12-13-6-7-15(19)11-13/h13-15,18H,3-12H2,1-2H3. The monoisotopic (exact) mass is 294 g/mol. The van der Waals surface area contributed by atoms with Gasteiger partial charge < -0.3 is 15.0 Å². The van der Waals surface area contributed by atoms with Crippen LogP contribution in [0.5, 0.6) is 0 Å². The smallest absolute Gasteiger partial charge is 0.326 e. The number of hydrogen-bond acceptors (Lipinski definition) is 4. The molecule has 4 unspecified atom stereocenters. The Morgan fingerprint density at radius 3 is 2.86 bits per heavy atom. The fraction of sp³-hybridized carbons (Fsp3) is 0.941. The van der Waals surface area contributed by atoms with Gasteiger partial charge >= 0.3 is 5.97 Å². The van der Waals surface area contributed by atoms with E-state index in [1.165, 1.54) is 25.8 Å². The number of carbonyl (C=O) groups is 1. The fourth-order valence-corrected chi connectivity index (χ4v) is 5.05. The van der Waals surface area contributed by atoms with E-state index in [1.807, 2.05) is 14.0 Å². The topological polar surface area (TPSA) is 41.6 Å². The quantitative estimate of drug-likeness (QED) is 0.763. The molecule has 1 aliphatic heterocycles. The molecular weight excluding hydrogens is 264 g/mol. The van der Waals surface area contributed by atoms with Crippen molar-refractivity contribution in [1.82, 2.24) is 10.2 Å². The van der Waals surface area contributed by atoms with Crippen LogP contribution in [0.2, 0.25) is 0 Å². The number of nitrogens with zero attached hydrogens (tertiary/aromatic N) is 1. The zero-order valence-corrected chi connectivity index (χ0v) is 13.6. The van der Waals surface area contributed by atoms with Crippen molar-refractivity contribution in [1.29, 1.82) is 0 Å². The van der Waals surface area contributed by atoms with Crippen molar-refractivity contribution in [3.8, 4) is 0 Å². The lowest BCUT2D eigenvalue weighted by atomic mass is 9.84. The predicted molar refractivity (Wildman–Crippen MR) is 83.1 cm³/mol. The van der Waals surface area contributed by atoms with Crippen LogP contribution in [0, 0.1) is 11.8 Å². The van der Waals surface area contributed by atoms with Crippen molar-refractivity contribution >= 4 is 5.97 Å². The van der Waals surface area contributed by atoms with Gasteiger partial charge in [0.05, 0.1) is 6.61 Å². The molecule has 120 valence electrons. The molecule has 0 spiro atoms. The van der Waals surface area contributed by atoms with Crippen LogP contribution in [-0.2, 0) is 9.53 Å². The maximum atomic E-state index is 12.4. The molecule has 3 fully saturated rings. The summed E-state index contributed by atoms with van der Waals surface area (Å²) >= 11 is 0. The number of nitrogens with one attached hydrogen (secondary N) is 1. The molecule has 0 radical (unpaired) electrons. The molecule has 2 saturated carbocycles. The van der Waals surface area contributed by atoms with Crippen LogP contribution in [-0.4, -0.2) is 49.2 Å². The number of esters is 1. The summed E-state index contributed by atoms with van der Waals surface area (Å²) in [4.78, 5) is 15.1. The molecule has 0 aromatic carbocycles. The van der Waals surface area contributed by atoms with E-state index in [-0.39, 0.29) is 5.97 Å². The molecule has 2 bridgehead atoms. The molecule has 1 N–H and O–H groups in total. The summed E-state index contributed by atoms with van der Waals surface area (Å²) in [6.45, 7) is 4.83. The lowest BCUT2D eigenvalue weighted by Gasteiger charge is -2.35. The maximum Gasteiger partial charge on any atom is 0.326 e. The summed E-state index contributed by atoms with van der Waals surface area (Å²) in [7, 11) is 1.92. The number of rotatable bonds is 6. The summed E-state index contributed by atoms with van der Waals surface area (Å²) in [6, 6.07) is 0.836. The molecule has 4 atom stereocenters. The lowest BCUT2D eigenvalue weighted by Crippen LogP contribution is -2.54. The van der Waals surface area contributed by atoms with Crippen molar-refractivity contribution in [3.63, 3.8) is 0 Å². The van der Waals surface area contributed by atoms with Crippen LogP contribution in [0.25, 0.3) is 0 Å². The lowest BCUT2D eigenvalue weighted by molar-refractivity contribution is -0.153. The molecule has 4 heteroatoms. The highest BCUT2D eigenvalue weighted by Crippen LogP contribution is 2.41. The molecule has 1 saturated heterocycles. The van der Waals surface area contributed by atoms with Gasteiger partial charge in [-0.15, -0.1) is 0 Å². The van der Waals surface area contributed by atoms with E-state index < -0.39 is 5.54 Å². The van der Waals surface area contributed by atoms with Gasteiger partial charge in [0.25, 0.3) is 0 Å². The SMILES string of the molecule is CCOC(=O)C1(NC)CCCC1CCN1CC2CCC1C2. The normalized spacial score (nSPS) is 39.0. The van der Waals surface area contributed by atoms with Gasteiger partial charge in [-0.2, -0.15) is 0 Å². The Kier molecular flexibility index (Phi) is 4.55. The first-order chi connectivity index (χ1) is 10.2. The van der Waals surface area contributed by atoms with Gasteiger partial charge in [0.15, 0.2) is 0 Å². The average molecular weight is 294 g/mol. The van der Waals surface area contributed by atoms with E-state index in [2.05, 4.69) is 10.2 Å². The Balaban J connectivity index is 1.59. The van der Waals surface area contributed by atoms with Crippen LogP contribution in [0.4, 0.5) is 0 Å². The second kappa shape index (κ2) is 6.25. The number of ether oxygens (including phenoxy) is 1. The number of piperidine rings is 1.